The lowest BCUT2D eigenvalue weighted by Crippen LogP contribution is -2.03. The van der Waals surface area contributed by atoms with Gasteiger partial charge in [-0.3, -0.25) is 4.98 Å². The van der Waals surface area contributed by atoms with E-state index in [9.17, 15) is 5.11 Å². The van der Waals surface area contributed by atoms with E-state index in [1.165, 1.54) is 0 Å². The molecule has 0 radical (unpaired) electrons. The number of rotatable bonds is 2. The molecule has 1 atom stereocenters. The summed E-state index contributed by atoms with van der Waals surface area (Å²) in [7, 11) is 0. The van der Waals surface area contributed by atoms with Gasteiger partial charge in [0.25, 0.3) is 0 Å². The molecule has 0 aliphatic heterocycles. The molecule has 0 fully saturated rings. The number of benzene rings is 1. The quantitative estimate of drug-likeness (QED) is 0.912. The summed E-state index contributed by atoms with van der Waals surface area (Å²) in [6.07, 6.45) is 2.66. The number of aromatic nitrogens is 1. The molecule has 0 amide bonds. The van der Waals surface area contributed by atoms with E-state index >= 15 is 0 Å². The van der Waals surface area contributed by atoms with Crippen molar-refractivity contribution in [3.63, 3.8) is 0 Å². The number of aryl methyl sites for hydroxylation is 1. The summed E-state index contributed by atoms with van der Waals surface area (Å²) in [5.41, 5.74) is 2.53. The molecule has 0 spiro atoms. The number of aliphatic hydroxyl groups excluding tert-OH is 1. The van der Waals surface area contributed by atoms with Crippen LogP contribution in [0.1, 0.15) is 22.8 Å². The second-order valence-electron chi connectivity index (χ2n) is 3.80. The van der Waals surface area contributed by atoms with Gasteiger partial charge in [-0.2, -0.15) is 0 Å². The Kier molecular flexibility index (Phi) is 3.82. The first kappa shape index (κ1) is 12.6. The Balaban J connectivity index is 2.47. The Hall–Kier alpha value is -0.900. The van der Waals surface area contributed by atoms with Crippen molar-refractivity contribution in [3.05, 3.63) is 62.8 Å². The van der Waals surface area contributed by atoms with E-state index in [2.05, 4.69) is 20.9 Å². The van der Waals surface area contributed by atoms with Crippen LogP contribution in [0.5, 0.6) is 0 Å². The minimum Gasteiger partial charge on any atom is -0.384 e. The first-order valence-electron chi connectivity index (χ1n) is 5.13. The minimum absolute atomic E-state index is 0.601. The maximum Gasteiger partial charge on any atom is 0.107 e. The van der Waals surface area contributed by atoms with E-state index in [0.29, 0.717) is 5.02 Å². The first-order chi connectivity index (χ1) is 8.09. The van der Waals surface area contributed by atoms with E-state index in [0.717, 1.165) is 21.2 Å². The number of pyridine rings is 1. The van der Waals surface area contributed by atoms with Crippen molar-refractivity contribution in [1.29, 1.82) is 0 Å². The zero-order chi connectivity index (χ0) is 12.4. The molecule has 0 bridgehead atoms. The second-order valence-corrected chi connectivity index (χ2v) is 5.09. The van der Waals surface area contributed by atoms with Crippen LogP contribution in [0.2, 0.25) is 5.02 Å². The SMILES string of the molecule is Cc1ccncc1C(O)c1cc(Cl)ccc1Br. The zero-order valence-corrected chi connectivity index (χ0v) is 11.5. The van der Waals surface area contributed by atoms with Crippen LogP contribution in [0.15, 0.2) is 41.1 Å². The number of aliphatic hydroxyl groups is 1. The molecule has 2 aromatic rings. The van der Waals surface area contributed by atoms with Gasteiger partial charge >= 0.3 is 0 Å². The summed E-state index contributed by atoms with van der Waals surface area (Å²) in [6.45, 7) is 1.94. The second kappa shape index (κ2) is 5.17. The Morgan fingerprint density at radius 3 is 2.76 bits per heavy atom. The largest absolute Gasteiger partial charge is 0.384 e. The number of nitrogens with zero attached hydrogens (tertiary/aromatic N) is 1. The predicted octanol–water partition coefficient (Wildman–Crippen LogP) is 3.89. The summed E-state index contributed by atoms with van der Waals surface area (Å²) in [5, 5.41) is 11.0. The van der Waals surface area contributed by atoms with Crippen LogP contribution >= 0.6 is 27.5 Å². The minimum atomic E-state index is -0.725. The van der Waals surface area contributed by atoms with Crippen LogP contribution in [-0.4, -0.2) is 10.1 Å². The molecule has 1 heterocycles. The molecule has 17 heavy (non-hydrogen) atoms. The lowest BCUT2D eigenvalue weighted by atomic mass is 10.00. The topological polar surface area (TPSA) is 33.1 Å². The van der Waals surface area contributed by atoms with Crippen molar-refractivity contribution >= 4 is 27.5 Å². The van der Waals surface area contributed by atoms with Gasteiger partial charge in [0.15, 0.2) is 0 Å². The molecule has 1 unspecified atom stereocenters. The molecule has 2 nitrogen and oxygen atoms in total. The van der Waals surface area contributed by atoms with Gasteiger partial charge < -0.3 is 5.11 Å². The van der Waals surface area contributed by atoms with Crippen LogP contribution in [-0.2, 0) is 0 Å². The van der Waals surface area contributed by atoms with Crippen molar-refractivity contribution < 1.29 is 5.11 Å². The van der Waals surface area contributed by atoms with E-state index < -0.39 is 6.10 Å². The van der Waals surface area contributed by atoms with Gasteiger partial charge in [0, 0.05) is 33.0 Å². The molecular weight excluding hydrogens is 302 g/mol. The van der Waals surface area contributed by atoms with E-state index in [1.54, 1.807) is 24.5 Å². The lowest BCUT2D eigenvalue weighted by Gasteiger charge is -2.15. The maximum absolute atomic E-state index is 10.3. The van der Waals surface area contributed by atoms with Crippen molar-refractivity contribution in [3.8, 4) is 0 Å². The molecule has 1 aromatic heterocycles. The highest BCUT2D eigenvalue weighted by Gasteiger charge is 2.16. The van der Waals surface area contributed by atoms with Gasteiger partial charge in [0.1, 0.15) is 6.10 Å². The average molecular weight is 313 g/mol. The lowest BCUT2D eigenvalue weighted by molar-refractivity contribution is 0.218. The number of halogens is 2. The van der Waals surface area contributed by atoms with Gasteiger partial charge in [0.2, 0.25) is 0 Å². The molecule has 0 aliphatic carbocycles. The molecule has 4 heteroatoms. The summed E-state index contributed by atoms with van der Waals surface area (Å²) in [6, 6.07) is 7.23. The average Bonchev–Trinajstić information content (AvgIpc) is 2.32. The third-order valence-corrected chi connectivity index (χ3v) is 3.58. The van der Waals surface area contributed by atoms with Crippen LogP contribution in [0.3, 0.4) is 0 Å². The van der Waals surface area contributed by atoms with Crippen LogP contribution in [0.4, 0.5) is 0 Å². The Morgan fingerprint density at radius 2 is 2.06 bits per heavy atom. The van der Waals surface area contributed by atoms with Gasteiger partial charge in [-0.15, -0.1) is 0 Å². The molecule has 1 N–H and O–H groups in total. The fraction of sp³-hybridized carbons (Fsp3) is 0.154. The molecule has 88 valence electrons. The third-order valence-electron chi connectivity index (χ3n) is 2.63. The van der Waals surface area contributed by atoms with Crippen LogP contribution in [0.25, 0.3) is 0 Å². The number of hydrogen-bond donors (Lipinski definition) is 1. The van der Waals surface area contributed by atoms with Gasteiger partial charge in [0.05, 0.1) is 0 Å². The molecule has 1 aromatic carbocycles. The van der Waals surface area contributed by atoms with Crippen molar-refractivity contribution in [2.24, 2.45) is 0 Å². The zero-order valence-electron chi connectivity index (χ0n) is 9.19. The maximum atomic E-state index is 10.3. The van der Waals surface area contributed by atoms with E-state index in [1.807, 2.05) is 19.1 Å². The normalized spacial score (nSPS) is 12.5. The highest BCUT2D eigenvalue weighted by Crippen LogP contribution is 2.31. The standard InChI is InChI=1S/C13H11BrClNO/c1-8-4-5-16-7-11(8)13(17)10-6-9(15)2-3-12(10)14/h2-7,13,17H,1H3. The predicted molar refractivity (Wildman–Crippen MR) is 72.2 cm³/mol. The molecule has 2 rings (SSSR count). The molecule has 0 saturated heterocycles. The Bertz CT molecular complexity index is 545. The van der Waals surface area contributed by atoms with Crippen molar-refractivity contribution in [1.82, 2.24) is 4.98 Å². The van der Waals surface area contributed by atoms with Gasteiger partial charge in [-0.1, -0.05) is 27.5 Å². The summed E-state index contributed by atoms with van der Waals surface area (Å²) < 4.78 is 0.831. The fourth-order valence-corrected chi connectivity index (χ4v) is 2.30. The smallest absolute Gasteiger partial charge is 0.107 e. The highest BCUT2D eigenvalue weighted by molar-refractivity contribution is 9.10. The molecule has 0 aliphatic rings. The third kappa shape index (κ3) is 2.68. The van der Waals surface area contributed by atoms with Crippen molar-refractivity contribution in [2.45, 2.75) is 13.0 Å². The summed E-state index contributed by atoms with van der Waals surface area (Å²) >= 11 is 9.35. The molecule has 0 saturated carbocycles. The van der Waals surface area contributed by atoms with Crippen LogP contribution in [0, 0.1) is 6.92 Å². The Morgan fingerprint density at radius 1 is 1.29 bits per heavy atom. The molecular formula is C13H11BrClNO. The summed E-state index contributed by atoms with van der Waals surface area (Å²) in [4.78, 5) is 4.04. The Labute approximate surface area is 113 Å². The fourth-order valence-electron chi connectivity index (χ4n) is 1.65. The van der Waals surface area contributed by atoms with E-state index in [-0.39, 0.29) is 0 Å². The monoisotopic (exact) mass is 311 g/mol. The van der Waals surface area contributed by atoms with Crippen molar-refractivity contribution in [2.75, 3.05) is 0 Å². The summed E-state index contributed by atoms with van der Waals surface area (Å²) in [5.74, 6) is 0. The van der Waals surface area contributed by atoms with E-state index in [4.69, 9.17) is 11.6 Å². The van der Waals surface area contributed by atoms with Gasteiger partial charge in [-0.05, 0) is 36.8 Å². The van der Waals surface area contributed by atoms with Crippen LogP contribution < -0.4 is 0 Å². The highest BCUT2D eigenvalue weighted by atomic mass is 79.9. The van der Waals surface area contributed by atoms with Gasteiger partial charge in [-0.25, -0.2) is 0 Å². The number of hydrogen-bond acceptors (Lipinski definition) is 2. The first-order valence-corrected chi connectivity index (χ1v) is 6.30.